The zero-order valence-electron chi connectivity index (χ0n) is 9.23. The first-order valence-electron chi connectivity index (χ1n) is 5.04. The van der Waals surface area contributed by atoms with Crippen molar-refractivity contribution >= 4 is 56.7 Å². The van der Waals surface area contributed by atoms with E-state index in [2.05, 4.69) is 50.5 Å². The van der Waals surface area contributed by atoms with Gasteiger partial charge in [-0.25, -0.2) is 4.79 Å². The van der Waals surface area contributed by atoms with Crippen LogP contribution in [0.25, 0.3) is 0 Å². The first-order chi connectivity index (χ1) is 7.52. The van der Waals surface area contributed by atoms with Crippen LogP contribution in [0.2, 0.25) is 0 Å². The molecule has 0 saturated carbocycles. The van der Waals surface area contributed by atoms with Crippen LogP contribution in [0, 0.1) is 0 Å². The van der Waals surface area contributed by atoms with Crippen LogP contribution in [-0.2, 0) is 26.0 Å². The van der Waals surface area contributed by atoms with Gasteiger partial charge in [0.05, 0.1) is 13.2 Å². The maximum Gasteiger partial charge on any atom is 0.508 e. The summed E-state index contributed by atoms with van der Waals surface area (Å²) < 4.78 is 9.72. The van der Waals surface area contributed by atoms with Gasteiger partial charge >= 0.3 is 6.16 Å². The Bertz CT molecular complexity index is 175. The van der Waals surface area contributed by atoms with Crippen molar-refractivity contribution in [3.8, 4) is 0 Å². The van der Waals surface area contributed by atoms with Gasteiger partial charge in [-0.15, -0.1) is 0 Å². The fourth-order valence-corrected chi connectivity index (χ4v) is 1.61. The summed E-state index contributed by atoms with van der Waals surface area (Å²) >= 11 is 16.4. The number of hydrogen-bond donors (Lipinski definition) is 4. The molecule has 0 N–H and O–H groups in total. The molecular formula is C9H18NiO3S4. The number of carbonyl (C=O) groups excluding carboxylic acids is 1. The Labute approximate surface area is 135 Å². The Morgan fingerprint density at radius 1 is 0.882 bits per heavy atom. The minimum atomic E-state index is -0.621. The van der Waals surface area contributed by atoms with Crippen molar-refractivity contribution in [3.05, 3.63) is 0 Å². The van der Waals surface area contributed by atoms with Gasteiger partial charge in [-0.2, -0.15) is 50.5 Å². The maximum atomic E-state index is 11.0. The van der Waals surface area contributed by atoms with E-state index in [0.29, 0.717) is 13.2 Å². The van der Waals surface area contributed by atoms with Crippen molar-refractivity contribution in [1.29, 1.82) is 0 Å². The van der Waals surface area contributed by atoms with Crippen molar-refractivity contribution in [2.75, 3.05) is 13.2 Å². The Kier molecular flexibility index (Phi) is 16.4. The molecule has 0 aliphatic heterocycles. The van der Waals surface area contributed by atoms with Crippen LogP contribution in [-0.4, -0.2) is 28.5 Å². The second-order valence-electron chi connectivity index (χ2n) is 3.19. The summed E-state index contributed by atoms with van der Waals surface area (Å²) in [5, 5.41) is 0. The summed E-state index contributed by atoms with van der Waals surface area (Å²) in [6.45, 7) is 0.691. The van der Waals surface area contributed by atoms with Crippen LogP contribution < -0.4 is 0 Å². The summed E-state index contributed by atoms with van der Waals surface area (Å²) in [5.41, 5.74) is 0. The molecule has 0 fully saturated rings. The van der Waals surface area contributed by atoms with Crippen molar-refractivity contribution < 1.29 is 30.8 Å². The largest absolute Gasteiger partial charge is 0.508 e. The third kappa shape index (κ3) is 17.2. The molecule has 0 saturated heterocycles. The van der Waals surface area contributed by atoms with Crippen molar-refractivity contribution in [3.63, 3.8) is 0 Å². The SMILES string of the molecule is O=C(OCCCC(S)S)OCCCC(S)S.[Ni]. The third-order valence-electron chi connectivity index (χ3n) is 1.65. The molecule has 106 valence electrons. The second-order valence-corrected chi connectivity index (χ2v) is 6.50. The molecule has 0 aliphatic rings. The van der Waals surface area contributed by atoms with Gasteiger partial charge in [0.1, 0.15) is 0 Å². The number of hydrogen-bond acceptors (Lipinski definition) is 7. The number of rotatable bonds is 8. The quantitative estimate of drug-likeness (QED) is 0.176. The van der Waals surface area contributed by atoms with E-state index in [1.807, 2.05) is 0 Å². The molecule has 0 aliphatic carbocycles. The fourth-order valence-electron chi connectivity index (χ4n) is 0.884. The summed E-state index contributed by atoms with van der Waals surface area (Å²) in [4.78, 5) is 11.0. The van der Waals surface area contributed by atoms with E-state index in [1.54, 1.807) is 0 Å². The average molecular weight is 361 g/mol. The normalized spacial score (nSPS) is 10.2. The maximum absolute atomic E-state index is 11.0. The van der Waals surface area contributed by atoms with Crippen LogP contribution in [0.1, 0.15) is 25.7 Å². The van der Waals surface area contributed by atoms with E-state index < -0.39 is 6.16 Å². The average Bonchev–Trinajstić information content (AvgIpc) is 2.19. The van der Waals surface area contributed by atoms with E-state index in [4.69, 9.17) is 9.47 Å². The van der Waals surface area contributed by atoms with Crippen LogP contribution in [0.4, 0.5) is 4.79 Å². The van der Waals surface area contributed by atoms with Gasteiger partial charge in [0.25, 0.3) is 0 Å². The monoisotopic (exact) mass is 360 g/mol. The van der Waals surface area contributed by atoms with E-state index in [-0.39, 0.29) is 25.7 Å². The molecule has 3 nitrogen and oxygen atoms in total. The molecule has 0 atom stereocenters. The fraction of sp³-hybridized carbons (Fsp3) is 0.889. The molecular weight excluding hydrogens is 343 g/mol. The molecule has 0 aromatic rings. The van der Waals surface area contributed by atoms with Gasteiger partial charge in [-0.3, -0.25) is 0 Å². The van der Waals surface area contributed by atoms with Gasteiger partial charge in [-0.05, 0) is 25.7 Å². The summed E-state index contributed by atoms with van der Waals surface area (Å²) in [5.74, 6) is 0. The Morgan fingerprint density at radius 3 is 1.53 bits per heavy atom. The van der Waals surface area contributed by atoms with E-state index in [1.165, 1.54) is 0 Å². The van der Waals surface area contributed by atoms with Crippen LogP contribution in [0.15, 0.2) is 0 Å². The molecule has 8 heteroatoms. The molecule has 0 aromatic carbocycles. The predicted octanol–water partition coefficient (Wildman–Crippen LogP) is 3.07. The zero-order chi connectivity index (χ0) is 12.4. The van der Waals surface area contributed by atoms with Gasteiger partial charge in [0, 0.05) is 25.7 Å². The van der Waals surface area contributed by atoms with Crippen molar-refractivity contribution in [2.45, 2.75) is 34.8 Å². The molecule has 0 unspecified atom stereocenters. The smallest absolute Gasteiger partial charge is 0.434 e. The molecule has 0 spiro atoms. The number of carbonyl (C=O) groups is 1. The number of thiol groups is 4. The summed E-state index contributed by atoms with van der Waals surface area (Å²) in [6.07, 6.45) is 2.44. The van der Waals surface area contributed by atoms with Crippen LogP contribution in [0.3, 0.4) is 0 Å². The first-order valence-corrected chi connectivity index (χ1v) is 7.10. The van der Waals surface area contributed by atoms with Crippen molar-refractivity contribution in [1.82, 2.24) is 0 Å². The van der Waals surface area contributed by atoms with Crippen LogP contribution >= 0.6 is 50.5 Å². The Balaban J connectivity index is 0. The van der Waals surface area contributed by atoms with E-state index in [9.17, 15) is 4.79 Å². The van der Waals surface area contributed by atoms with Crippen molar-refractivity contribution in [2.24, 2.45) is 0 Å². The van der Waals surface area contributed by atoms with E-state index >= 15 is 0 Å². The molecule has 0 radical (unpaired) electrons. The Hall–Kier alpha value is 1.16. The molecule has 0 amide bonds. The topological polar surface area (TPSA) is 35.5 Å². The predicted molar refractivity (Wildman–Crippen MR) is 79.3 cm³/mol. The second kappa shape index (κ2) is 13.6. The van der Waals surface area contributed by atoms with Crippen LogP contribution in [0.5, 0.6) is 0 Å². The van der Waals surface area contributed by atoms with Gasteiger partial charge < -0.3 is 9.47 Å². The van der Waals surface area contributed by atoms with Gasteiger partial charge in [0.2, 0.25) is 0 Å². The first kappa shape index (κ1) is 20.5. The molecule has 0 bridgehead atoms. The minimum absolute atomic E-state index is 0. The zero-order valence-corrected chi connectivity index (χ0v) is 13.8. The molecule has 0 heterocycles. The third-order valence-corrected chi connectivity index (χ3v) is 2.69. The minimum Gasteiger partial charge on any atom is -0.434 e. The standard InChI is InChI=1S/C9H18O3S4.Ni/c10-9(11-5-1-3-7(13)14)12-6-2-4-8(15)16;/h7-8,13-16H,1-6H2;. The number of ether oxygens (including phenoxy) is 2. The summed E-state index contributed by atoms with van der Waals surface area (Å²) in [6, 6.07) is 0. The molecule has 17 heavy (non-hydrogen) atoms. The van der Waals surface area contributed by atoms with Gasteiger partial charge in [-0.1, -0.05) is 0 Å². The molecule has 0 aromatic heterocycles. The van der Waals surface area contributed by atoms with E-state index in [0.717, 1.165) is 25.7 Å². The van der Waals surface area contributed by atoms with Gasteiger partial charge in [0.15, 0.2) is 0 Å². The molecule has 0 rings (SSSR count). The summed E-state index contributed by atoms with van der Waals surface area (Å²) in [7, 11) is 0. The Morgan fingerprint density at radius 2 is 1.24 bits per heavy atom.